The highest BCUT2D eigenvalue weighted by Gasteiger charge is 2.33. The molecule has 0 heterocycles. The van der Waals surface area contributed by atoms with Gasteiger partial charge >= 0.3 is 0 Å². The van der Waals surface area contributed by atoms with Gasteiger partial charge in [0.05, 0.1) is 24.8 Å². The second kappa shape index (κ2) is 14.7. The van der Waals surface area contributed by atoms with Crippen LogP contribution in [0.5, 0.6) is 11.5 Å². The molecule has 220 valence electrons. The van der Waals surface area contributed by atoms with Crippen molar-refractivity contribution in [2.45, 2.75) is 44.2 Å². The Kier molecular flexibility index (Phi) is 11.4. The number of benzene rings is 3. The Balaban J connectivity index is 2.06. The third-order valence-corrected chi connectivity index (χ3v) is 8.47. The first-order chi connectivity index (χ1) is 19.6. The highest BCUT2D eigenvalue weighted by molar-refractivity contribution is 7.92. The van der Waals surface area contributed by atoms with E-state index < -0.39 is 28.5 Å². The summed E-state index contributed by atoms with van der Waals surface area (Å²) < 4.78 is 39.4. The van der Waals surface area contributed by atoms with Crippen LogP contribution in [0.2, 0.25) is 5.02 Å². The van der Waals surface area contributed by atoms with E-state index in [-0.39, 0.29) is 23.0 Å². The maximum absolute atomic E-state index is 14.1. The van der Waals surface area contributed by atoms with Crippen molar-refractivity contribution in [1.29, 1.82) is 0 Å². The van der Waals surface area contributed by atoms with E-state index in [9.17, 15) is 18.0 Å². The minimum Gasteiger partial charge on any atom is -0.497 e. The highest BCUT2D eigenvalue weighted by Crippen LogP contribution is 2.28. The summed E-state index contributed by atoms with van der Waals surface area (Å²) in [5.74, 6) is 0.227. The number of sulfonamides is 1. The Hall–Kier alpha value is -3.76. The molecule has 3 aromatic rings. The van der Waals surface area contributed by atoms with E-state index in [1.165, 1.54) is 42.3 Å². The van der Waals surface area contributed by atoms with Gasteiger partial charge in [-0.3, -0.25) is 13.9 Å². The monoisotopic (exact) mass is 601 g/mol. The number of amides is 2. The number of nitrogens with zero attached hydrogens (tertiary/aromatic N) is 2. The lowest BCUT2D eigenvalue weighted by atomic mass is 10.1. The quantitative estimate of drug-likeness (QED) is 0.282. The van der Waals surface area contributed by atoms with E-state index in [1.54, 1.807) is 43.5 Å². The Morgan fingerprint density at radius 2 is 1.61 bits per heavy atom. The largest absolute Gasteiger partial charge is 0.497 e. The lowest BCUT2D eigenvalue weighted by Gasteiger charge is -2.33. The molecule has 2 amide bonds. The highest BCUT2D eigenvalue weighted by atomic mass is 35.5. The van der Waals surface area contributed by atoms with E-state index in [2.05, 4.69) is 5.32 Å². The van der Waals surface area contributed by atoms with Crippen molar-refractivity contribution in [2.24, 2.45) is 0 Å². The first kappa shape index (κ1) is 31.8. The summed E-state index contributed by atoms with van der Waals surface area (Å²) in [6, 6.07) is 18.5. The molecule has 0 bridgehead atoms. The molecule has 0 spiro atoms. The Labute approximate surface area is 247 Å². The molecule has 0 aliphatic rings. The molecule has 9 nitrogen and oxygen atoms in total. The van der Waals surface area contributed by atoms with Gasteiger partial charge in [-0.2, -0.15) is 0 Å². The topological polar surface area (TPSA) is 105 Å². The normalized spacial score (nSPS) is 11.8. The lowest BCUT2D eigenvalue weighted by Crippen LogP contribution is -2.52. The van der Waals surface area contributed by atoms with Crippen molar-refractivity contribution in [2.75, 3.05) is 31.6 Å². The third kappa shape index (κ3) is 8.14. The molecule has 0 radical (unpaired) electrons. The number of hydrogen-bond donors (Lipinski definition) is 1. The molecule has 3 rings (SSSR count). The van der Waals surface area contributed by atoms with E-state index in [0.717, 1.165) is 16.3 Å². The third-order valence-electron chi connectivity index (χ3n) is 6.44. The Morgan fingerprint density at radius 3 is 2.22 bits per heavy atom. The number of hydrogen-bond acceptors (Lipinski definition) is 6. The summed E-state index contributed by atoms with van der Waals surface area (Å²) in [6.45, 7) is 3.71. The fourth-order valence-electron chi connectivity index (χ4n) is 4.29. The average molecular weight is 602 g/mol. The molecule has 0 saturated carbocycles. The van der Waals surface area contributed by atoms with E-state index in [0.29, 0.717) is 29.5 Å². The predicted octanol–water partition coefficient (Wildman–Crippen LogP) is 4.89. The van der Waals surface area contributed by atoms with Crippen LogP contribution in [0, 0.1) is 0 Å². The van der Waals surface area contributed by atoms with Crippen LogP contribution >= 0.6 is 11.6 Å². The van der Waals surface area contributed by atoms with Crippen LogP contribution in [0.4, 0.5) is 5.69 Å². The van der Waals surface area contributed by atoms with Gasteiger partial charge in [-0.15, -0.1) is 0 Å². The number of nitrogens with one attached hydrogen (secondary N) is 1. The van der Waals surface area contributed by atoms with E-state index in [4.69, 9.17) is 21.1 Å². The lowest BCUT2D eigenvalue weighted by molar-refractivity contribution is -0.140. The molecule has 0 aromatic heterocycles. The van der Waals surface area contributed by atoms with Gasteiger partial charge in [0.15, 0.2) is 0 Å². The smallest absolute Gasteiger partial charge is 0.264 e. The van der Waals surface area contributed by atoms with Crippen LogP contribution in [-0.2, 0) is 26.2 Å². The number of rotatable bonds is 14. The maximum atomic E-state index is 14.1. The molecule has 41 heavy (non-hydrogen) atoms. The molecular weight excluding hydrogens is 566 g/mol. The van der Waals surface area contributed by atoms with Crippen LogP contribution in [0.3, 0.4) is 0 Å². The molecule has 1 atom stereocenters. The fraction of sp³-hybridized carbons (Fsp3) is 0.333. The zero-order chi connectivity index (χ0) is 30.0. The van der Waals surface area contributed by atoms with Crippen LogP contribution in [0.25, 0.3) is 0 Å². The van der Waals surface area contributed by atoms with Gasteiger partial charge in [-0.25, -0.2) is 8.42 Å². The Bertz CT molecular complexity index is 1430. The van der Waals surface area contributed by atoms with Crippen molar-refractivity contribution < 1.29 is 27.5 Å². The van der Waals surface area contributed by atoms with Crippen molar-refractivity contribution >= 4 is 39.1 Å². The standard InChI is InChI=1S/C30H36ClN3O6S/c1-5-17-32-30(36)28(6-2)33(20-22-9-7-12-26(18-22)40-4)29(35)21-34(24-11-8-10-23(31)19-24)41(37,38)27-15-13-25(39-3)14-16-27/h7-16,18-19,28H,5-6,17,20-21H2,1-4H3,(H,32,36)/t28-/m0/s1. The van der Waals surface area contributed by atoms with Gasteiger partial charge in [-0.1, -0.05) is 43.6 Å². The van der Waals surface area contributed by atoms with Gasteiger partial charge in [0, 0.05) is 18.1 Å². The molecule has 0 aliphatic heterocycles. The molecule has 0 unspecified atom stereocenters. The van der Waals surface area contributed by atoms with Gasteiger partial charge in [0.25, 0.3) is 10.0 Å². The maximum Gasteiger partial charge on any atom is 0.264 e. The van der Waals surface area contributed by atoms with Gasteiger partial charge in [-0.05, 0) is 73.0 Å². The molecule has 3 aromatic carbocycles. The second-order valence-corrected chi connectivity index (χ2v) is 11.6. The molecule has 0 fully saturated rings. The summed E-state index contributed by atoms with van der Waals surface area (Å²) in [7, 11) is -1.20. The summed E-state index contributed by atoms with van der Waals surface area (Å²) in [5.41, 5.74) is 0.943. The summed E-state index contributed by atoms with van der Waals surface area (Å²) in [5, 5.41) is 3.18. The van der Waals surface area contributed by atoms with Crippen molar-refractivity contribution in [1.82, 2.24) is 10.2 Å². The molecule has 0 saturated heterocycles. The van der Waals surface area contributed by atoms with Gasteiger partial charge < -0.3 is 19.7 Å². The van der Waals surface area contributed by atoms with E-state index >= 15 is 0 Å². The van der Waals surface area contributed by atoms with Crippen LogP contribution in [-0.4, -0.2) is 58.5 Å². The molecule has 1 N–H and O–H groups in total. The fourth-order valence-corrected chi connectivity index (χ4v) is 5.88. The van der Waals surface area contributed by atoms with E-state index in [1.807, 2.05) is 19.9 Å². The number of anilines is 1. The minimum absolute atomic E-state index is 0.0295. The predicted molar refractivity (Wildman–Crippen MR) is 160 cm³/mol. The molecule has 11 heteroatoms. The zero-order valence-electron chi connectivity index (χ0n) is 23.7. The van der Waals surface area contributed by atoms with Crippen molar-refractivity contribution in [3.63, 3.8) is 0 Å². The SMILES string of the molecule is CCCNC(=O)[C@H](CC)N(Cc1cccc(OC)c1)C(=O)CN(c1cccc(Cl)c1)S(=O)(=O)c1ccc(OC)cc1. The first-order valence-corrected chi connectivity index (χ1v) is 15.1. The number of carbonyl (C=O) groups excluding carboxylic acids is 2. The molecular formula is C30H36ClN3O6S. The summed E-state index contributed by atoms with van der Waals surface area (Å²) in [4.78, 5) is 28.7. The number of halogens is 1. The number of methoxy groups -OCH3 is 2. The second-order valence-electron chi connectivity index (χ2n) is 9.26. The first-order valence-electron chi connectivity index (χ1n) is 13.3. The van der Waals surface area contributed by atoms with Crippen molar-refractivity contribution in [3.05, 3.63) is 83.4 Å². The van der Waals surface area contributed by atoms with Crippen molar-refractivity contribution in [3.8, 4) is 11.5 Å². The average Bonchev–Trinajstić information content (AvgIpc) is 2.98. The Morgan fingerprint density at radius 1 is 0.927 bits per heavy atom. The number of ether oxygens (including phenoxy) is 2. The minimum atomic E-state index is -4.22. The zero-order valence-corrected chi connectivity index (χ0v) is 25.2. The van der Waals surface area contributed by atoms with Crippen LogP contribution in [0.15, 0.2) is 77.7 Å². The summed E-state index contributed by atoms with van der Waals surface area (Å²) in [6.07, 6.45) is 1.06. The van der Waals surface area contributed by atoms with Gasteiger partial charge in [0.2, 0.25) is 11.8 Å². The summed E-state index contributed by atoms with van der Waals surface area (Å²) >= 11 is 6.22. The van der Waals surface area contributed by atoms with Crippen LogP contribution < -0.4 is 19.1 Å². The van der Waals surface area contributed by atoms with Gasteiger partial charge in [0.1, 0.15) is 24.1 Å². The number of carbonyl (C=O) groups is 2. The van der Waals surface area contributed by atoms with Crippen LogP contribution in [0.1, 0.15) is 32.3 Å². The molecule has 0 aliphatic carbocycles.